The highest BCUT2D eigenvalue weighted by Crippen LogP contribution is 2.36. The van der Waals surface area contributed by atoms with E-state index in [2.05, 4.69) is 21.9 Å². The Labute approximate surface area is 124 Å². The van der Waals surface area contributed by atoms with Crippen molar-refractivity contribution >= 4 is 33.9 Å². The summed E-state index contributed by atoms with van der Waals surface area (Å²) < 4.78 is 29.1. The summed E-state index contributed by atoms with van der Waals surface area (Å²) in [6, 6.07) is 0. The van der Waals surface area contributed by atoms with Crippen LogP contribution in [0.15, 0.2) is 12.7 Å². The van der Waals surface area contributed by atoms with Gasteiger partial charge in [0.25, 0.3) is 12.3 Å². The molecule has 1 aromatic heterocycles. The van der Waals surface area contributed by atoms with Crippen molar-refractivity contribution in [1.29, 1.82) is 0 Å². The molecule has 0 unspecified atom stereocenters. The molecule has 0 aliphatic heterocycles. The SMILES string of the molecule is C=CCNC(=O)c1sc(NCC(F)F)c(C(=O)OC)c1N. The highest BCUT2D eigenvalue weighted by molar-refractivity contribution is 7.19. The van der Waals surface area contributed by atoms with Crippen LogP contribution in [-0.2, 0) is 4.74 Å². The number of nitrogens with two attached hydrogens (primary N) is 1. The van der Waals surface area contributed by atoms with Crippen molar-refractivity contribution < 1.29 is 23.1 Å². The zero-order chi connectivity index (χ0) is 16.0. The Hall–Kier alpha value is -2.16. The van der Waals surface area contributed by atoms with E-state index in [4.69, 9.17) is 5.73 Å². The second kappa shape index (κ2) is 7.58. The molecule has 1 aromatic rings. The summed E-state index contributed by atoms with van der Waals surface area (Å²) in [6.45, 7) is 2.99. The molecule has 0 fully saturated rings. The molecule has 0 spiro atoms. The molecule has 116 valence electrons. The number of halogens is 2. The first-order valence-electron chi connectivity index (χ1n) is 5.84. The highest BCUT2D eigenvalue weighted by atomic mass is 32.1. The number of hydrogen-bond donors (Lipinski definition) is 3. The number of methoxy groups -OCH3 is 1. The van der Waals surface area contributed by atoms with Gasteiger partial charge in [-0.05, 0) is 0 Å². The quantitative estimate of drug-likeness (QED) is 0.525. The topological polar surface area (TPSA) is 93.5 Å². The van der Waals surface area contributed by atoms with E-state index in [1.807, 2.05) is 0 Å². The number of hydrogen-bond acceptors (Lipinski definition) is 6. The number of carbonyl (C=O) groups is 2. The van der Waals surface area contributed by atoms with E-state index in [1.54, 1.807) is 0 Å². The normalized spacial score (nSPS) is 10.3. The number of anilines is 2. The third kappa shape index (κ3) is 4.15. The molecule has 0 aliphatic carbocycles. The summed E-state index contributed by atoms with van der Waals surface area (Å²) in [4.78, 5) is 23.6. The van der Waals surface area contributed by atoms with Crippen molar-refractivity contribution in [2.45, 2.75) is 6.43 Å². The second-order valence-electron chi connectivity index (χ2n) is 3.81. The highest BCUT2D eigenvalue weighted by Gasteiger charge is 2.26. The Kier molecular flexibility index (Phi) is 6.10. The summed E-state index contributed by atoms with van der Waals surface area (Å²) in [6.07, 6.45) is -1.14. The minimum atomic E-state index is -2.61. The number of ether oxygens (including phenoxy) is 1. The lowest BCUT2D eigenvalue weighted by atomic mass is 10.2. The summed E-state index contributed by atoms with van der Waals surface area (Å²) in [5, 5.41) is 4.96. The molecular weight excluding hydrogens is 304 g/mol. The van der Waals surface area contributed by atoms with Crippen LogP contribution in [0.2, 0.25) is 0 Å². The van der Waals surface area contributed by atoms with Crippen molar-refractivity contribution in [1.82, 2.24) is 5.32 Å². The van der Waals surface area contributed by atoms with Crippen LogP contribution in [0.25, 0.3) is 0 Å². The standard InChI is InChI=1S/C12H15F2N3O3S/c1-3-4-16-10(18)9-8(15)7(12(19)20-2)11(21-9)17-5-6(13)14/h3,6,17H,1,4-5,15H2,2H3,(H,16,18). The molecule has 0 atom stereocenters. The van der Waals surface area contributed by atoms with Crippen molar-refractivity contribution in [3.8, 4) is 0 Å². The van der Waals surface area contributed by atoms with Gasteiger partial charge in [-0.2, -0.15) is 0 Å². The molecule has 6 nitrogen and oxygen atoms in total. The zero-order valence-electron chi connectivity index (χ0n) is 11.2. The van der Waals surface area contributed by atoms with Gasteiger partial charge in [-0.3, -0.25) is 4.79 Å². The third-order valence-corrected chi connectivity index (χ3v) is 3.53. The van der Waals surface area contributed by atoms with Crippen LogP contribution in [-0.4, -0.2) is 38.5 Å². The lowest BCUT2D eigenvalue weighted by Gasteiger charge is -2.05. The van der Waals surface area contributed by atoms with E-state index >= 15 is 0 Å². The van der Waals surface area contributed by atoms with E-state index in [0.29, 0.717) is 0 Å². The van der Waals surface area contributed by atoms with Gasteiger partial charge in [0.2, 0.25) is 0 Å². The average Bonchev–Trinajstić information content (AvgIpc) is 2.78. The zero-order valence-corrected chi connectivity index (χ0v) is 12.1. The Balaban J connectivity index is 3.13. The van der Waals surface area contributed by atoms with Crippen molar-refractivity contribution in [3.63, 3.8) is 0 Å². The number of carbonyl (C=O) groups excluding carboxylic acids is 2. The first kappa shape index (κ1) is 16.9. The van der Waals surface area contributed by atoms with Crippen molar-refractivity contribution in [2.24, 2.45) is 0 Å². The Bertz CT molecular complexity index is 546. The Morgan fingerprint density at radius 1 is 1.52 bits per heavy atom. The molecule has 1 rings (SSSR count). The molecule has 1 amide bonds. The minimum absolute atomic E-state index is 0.0500. The molecule has 0 bridgehead atoms. The van der Waals surface area contributed by atoms with Crippen LogP contribution in [0.3, 0.4) is 0 Å². The maximum Gasteiger partial charge on any atom is 0.343 e. The van der Waals surface area contributed by atoms with E-state index < -0.39 is 24.8 Å². The molecule has 0 saturated heterocycles. The number of alkyl halides is 2. The van der Waals surface area contributed by atoms with Gasteiger partial charge in [0.15, 0.2) is 0 Å². The number of rotatable bonds is 7. The summed E-state index contributed by atoms with van der Waals surface area (Å²) in [5.41, 5.74) is 5.53. The van der Waals surface area contributed by atoms with Crippen LogP contribution in [0, 0.1) is 0 Å². The van der Waals surface area contributed by atoms with Crippen LogP contribution in [0.5, 0.6) is 0 Å². The number of esters is 1. The van der Waals surface area contributed by atoms with Crippen LogP contribution in [0.4, 0.5) is 19.5 Å². The van der Waals surface area contributed by atoms with Crippen LogP contribution >= 0.6 is 11.3 Å². The maximum absolute atomic E-state index is 12.3. The van der Waals surface area contributed by atoms with Gasteiger partial charge in [0.05, 0.1) is 19.3 Å². The molecule has 9 heteroatoms. The minimum Gasteiger partial charge on any atom is -0.465 e. The van der Waals surface area contributed by atoms with Crippen LogP contribution in [0.1, 0.15) is 20.0 Å². The van der Waals surface area contributed by atoms with Gasteiger partial charge >= 0.3 is 5.97 Å². The molecule has 0 saturated carbocycles. The smallest absolute Gasteiger partial charge is 0.343 e. The average molecular weight is 319 g/mol. The van der Waals surface area contributed by atoms with Gasteiger partial charge in [-0.15, -0.1) is 17.9 Å². The predicted octanol–water partition coefficient (Wildman–Crippen LogP) is 1.71. The van der Waals surface area contributed by atoms with E-state index in [0.717, 1.165) is 18.4 Å². The number of nitrogen functional groups attached to an aromatic ring is 1. The fourth-order valence-corrected chi connectivity index (χ4v) is 2.49. The lowest BCUT2D eigenvalue weighted by Crippen LogP contribution is -2.23. The summed E-state index contributed by atoms with van der Waals surface area (Å²) in [7, 11) is 1.13. The molecule has 4 N–H and O–H groups in total. The molecular formula is C12H15F2N3O3S. The van der Waals surface area contributed by atoms with E-state index in [1.165, 1.54) is 6.08 Å². The second-order valence-corrected chi connectivity index (χ2v) is 4.83. The molecule has 0 radical (unpaired) electrons. The van der Waals surface area contributed by atoms with Gasteiger partial charge in [-0.25, -0.2) is 13.6 Å². The lowest BCUT2D eigenvalue weighted by molar-refractivity contribution is 0.0603. The fourth-order valence-electron chi connectivity index (χ4n) is 1.46. The monoisotopic (exact) mass is 319 g/mol. The van der Waals surface area contributed by atoms with Gasteiger partial charge in [0, 0.05) is 6.54 Å². The number of nitrogens with one attached hydrogen (secondary N) is 2. The predicted molar refractivity (Wildman–Crippen MR) is 77.1 cm³/mol. The summed E-state index contributed by atoms with van der Waals surface area (Å²) >= 11 is 0.814. The van der Waals surface area contributed by atoms with Crippen LogP contribution < -0.4 is 16.4 Å². The van der Waals surface area contributed by atoms with Gasteiger partial charge in [-0.1, -0.05) is 6.08 Å². The largest absolute Gasteiger partial charge is 0.465 e. The van der Waals surface area contributed by atoms with E-state index in [9.17, 15) is 18.4 Å². The molecule has 0 aliphatic rings. The summed E-state index contributed by atoms with van der Waals surface area (Å²) in [5.74, 6) is -1.32. The van der Waals surface area contributed by atoms with Gasteiger partial charge < -0.3 is 21.1 Å². The maximum atomic E-state index is 12.3. The third-order valence-electron chi connectivity index (χ3n) is 2.36. The number of thiophene rings is 1. The first-order valence-corrected chi connectivity index (χ1v) is 6.65. The molecule has 0 aromatic carbocycles. The molecule has 21 heavy (non-hydrogen) atoms. The van der Waals surface area contributed by atoms with Crippen molar-refractivity contribution in [3.05, 3.63) is 23.1 Å². The Morgan fingerprint density at radius 3 is 2.71 bits per heavy atom. The molecule has 1 heterocycles. The van der Waals surface area contributed by atoms with Crippen molar-refractivity contribution in [2.75, 3.05) is 31.2 Å². The number of amides is 1. The van der Waals surface area contributed by atoms with Gasteiger partial charge in [0.1, 0.15) is 15.4 Å². The Morgan fingerprint density at radius 2 is 2.19 bits per heavy atom. The fraction of sp³-hybridized carbons (Fsp3) is 0.333. The van der Waals surface area contributed by atoms with E-state index in [-0.39, 0.29) is 27.7 Å². The first-order chi connectivity index (χ1) is 9.92.